The number of carbonyl (C=O) groups is 1. The molecule has 8 rings (SSSR count). The van der Waals surface area contributed by atoms with Crippen LogP contribution in [0.15, 0.2) is 113 Å². The summed E-state index contributed by atoms with van der Waals surface area (Å²) < 4.78 is 37.3. The van der Waals surface area contributed by atoms with E-state index in [9.17, 15) is 4.79 Å². The minimum absolute atomic E-state index is 0.165. The molecule has 0 radical (unpaired) electrons. The van der Waals surface area contributed by atoms with Crippen LogP contribution in [0.4, 0.5) is 10.5 Å². The van der Waals surface area contributed by atoms with Gasteiger partial charge in [-0.2, -0.15) is 5.10 Å². The molecule has 0 saturated heterocycles. The van der Waals surface area contributed by atoms with Gasteiger partial charge in [0.15, 0.2) is 9.92 Å². The molecule has 2 heterocycles. The topological polar surface area (TPSA) is 107 Å². The summed E-state index contributed by atoms with van der Waals surface area (Å²) in [6, 6.07) is 31.2. The maximum absolute atomic E-state index is 15.9. The number of amides is 2. The molecule has 0 saturated carbocycles. The monoisotopic (exact) mass is 673 g/mol. The summed E-state index contributed by atoms with van der Waals surface area (Å²) in [7, 11) is -2.08. The number of methoxy groups -OCH3 is 1. The average molecular weight is 674 g/mol. The molecule has 0 bridgehead atoms. The van der Waals surface area contributed by atoms with Gasteiger partial charge in [0, 0.05) is 18.7 Å². The fraction of sp³-hybridized carbons (Fsp3) is 0.282. The van der Waals surface area contributed by atoms with Crippen molar-refractivity contribution in [2.24, 2.45) is 4.36 Å². The number of hydrogen-bond acceptors (Lipinski definition) is 5. The van der Waals surface area contributed by atoms with Crippen molar-refractivity contribution >= 4 is 21.6 Å². The summed E-state index contributed by atoms with van der Waals surface area (Å²) in [6.07, 6.45) is 6.28. The number of rotatable bonds is 9. The molecule has 9 nitrogen and oxygen atoms in total. The smallest absolute Gasteiger partial charge is 0.354 e. The minimum Gasteiger partial charge on any atom is -0.475 e. The molecule has 1 aromatic heterocycles. The number of urea groups is 1. The Morgan fingerprint density at radius 1 is 0.959 bits per heavy atom. The quantitative estimate of drug-likeness (QED) is 0.164. The first kappa shape index (κ1) is 31.5. The Balaban J connectivity index is 1.32. The van der Waals surface area contributed by atoms with Gasteiger partial charge in [-0.3, -0.25) is 0 Å². The molecule has 2 atom stereocenters. The number of aromatic nitrogens is 2. The number of carbonyl (C=O) groups excluding carboxylic acids is 1. The van der Waals surface area contributed by atoms with Crippen molar-refractivity contribution in [2.45, 2.75) is 55.0 Å². The molecular weight excluding hydrogens is 635 g/mol. The molecular formula is C39H39N5O4S. The standard InChI is InChI=1S/C39H39N5O4S/c1-47-26-29-21-20-28-24-27-12-11-19-33(27)36(35(28)29)41-38(45)42-49(46,34-25-40-44-22-23-48-37(34)44)43-39(30-13-5-2-6-14-30,31-15-7-3-8-16-31)32-17-9-4-10-18-32/h2-10,13-18,24-25,29H,11-12,19-23,26H2,1H3,(H2,41,42,43,45,46). The highest BCUT2D eigenvalue weighted by Crippen LogP contribution is 2.45. The van der Waals surface area contributed by atoms with E-state index in [0.29, 0.717) is 25.6 Å². The van der Waals surface area contributed by atoms with Crippen LogP contribution in [0.5, 0.6) is 5.88 Å². The molecule has 3 aliphatic rings. The predicted molar refractivity (Wildman–Crippen MR) is 189 cm³/mol. The number of anilines is 1. The maximum Gasteiger partial charge on any atom is 0.354 e. The fourth-order valence-corrected chi connectivity index (χ4v) is 9.78. The van der Waals surface area contributed by atoms with Crippen molar-refractivity contribution in [3.8, 4) is 5.88 Å². The first-order valence-electron chi connectivity index (χ1n) is 16.9. The summed E-state index contributed by atoms with van der Waals surface area (Å²) in [5.74, 6) is 0.511. The van der Waals surface area contributed by atoms with E-state index in [-0.39, 0.29) is 10.8 Å². The molecule has 2 aliphatic carbocycles. The van der Waals surface area contributed by atoms with Crippen LogP contribution in [-0.4, -0.2) is 40.3 Å². The van der Waals surface area contributed by atoms with Crippen LogP contribution in [-0.2, 0) is 46.0 Å². The van der Waals surface area contributed by atoms with E-state index in [1.807, 2.05) is 91.0 Å². The third-order valence-electron chi connectivity index (χ3n) is 10.0. The van der Waals surface area contributed by atoms with E-state index in [1.165, 1.54) is 17.3 Å². The van der Waals surface area contributed by atoms with Crippen LogP contribution in [0.2, 0.25) is 0 Å². The fourth-order valence-electron chi connectivity index (χ4n) is 7.88. The largest absolute Gasteiger partial charge is 0.475 e. The lowest BCUT2D eigenvalue weighted by Gasteiger charge is -2.37. The van der Waals surface area contributed by atoms with Crippen LogP contribution in [0.3, 0.4) is 0 Å². The van der Waals surface area contributed by atoms with E-state index in [4.69, 9.17) is 9.47 Å². The molecule has 1 aliphatic heterocycles. The molecule has 2 amide bonds. The van der Waals surface area contributed by atoms with Gasteiger partial charge in [0.1, 0.15) is 17.0 Å². The second kappa shape index (κ2) is 12.9. The molecule has 49 heavy (non-hydrogen) atoms. The SMILES string of the molecule is COCC1CCc2cc3c(c(NC(=O)N=S(=O)(NC(c4ccccc4)(c4ccccc4)c4ccccc4)c4cnn5c4OCC5)c21)CCC3. The van der Waals surface area contributed by atoms with Gasteiger partial charge >= 0.3 is 6.03 Å². The average Bonchev–Trinajstić information content (AvgIpc) is 3.94. The number of nitrogens with one attached hydrogen (secondary N) is 2. The first-order valence-corrected chi connectivity index (χ1v) is 18.4. The molecule has 2 unspecified atom stereocenters. The van der Waals surface area contributed by atoms with Gasteiger partial charge in [0.05, 0.1) is 19.3 Å². The van der Waals surface area contributed by atoms with Crippen molar-refractivity contribution < 1.29 is 18.5 Å². The van der Waals surface area contributed by atoms with Gasteiger partial charge in [-0.1, -0.05) is 97.1 Å². The highest BCUT2D eigenvalue weighted by molar-refractivity contribution is 7.92. The Kier molecular flexibility index (Phi) is 8.31. The number of benzene rings is 4. The van der Waals surface area contributed by atoms with E-state index in [0.717, 1.165) is 65.6 Å². The Morgan fingerprint density at radius 3 is 2.24 bits per heavy atom. The zero-order valence-electron chi connectivity index (χ0n) is 27.4. The van der Waals surface area contributed by atoms with Gasteiger partial charge in [-0.25, -0.2) is 18.4 Å². The normalized spacial score (nSPS) is 17.4. The van der Waals surface area contributed by atoms with Crippen molar-refractivity contribution in [3.05, 3.63) is 142 Å². The van der Waals surface area contributed by atoms with E-state index >= 15 is 4.21 Å². The maximum atomic E-state index is 15.9. The molecule has 10 heteroatoms. The number of fused-ring (bicyclic) bond motifs is 3. The lowest BCUT2D eigenvalue weighted by Crippen LogP contribution is -2.48. The van der Waals surface area contributed by atoms with E-state index in [2.05, 4.69) is 25.6 Å². The third-order valence-corrected chi connectivity index (χ3v) is 11.9. The van der Waals surface area contributed by atoms with Gasteiger partial charge < -0.3 is 14.8 Å². The van der Waals surface area contributed by atoms with Gasteiger partial charge in [0.25, 0.3) is 0 Å². The summed E-state index contributed by atoms with van der Waals surface area (Å²) in [6.45, 7) is 1.47. The molecule has 4 aromatic carbocycles. The Morgan fingerprint density at radius 2 is 1.61 bits per heavy atom. The van der Waals surface area contributed by atoms with Crippen LogP contribution >= 0.6 is 0 Å². The lowest BCUT2D eigenvalue weighted by atomic mass is 9.78. The van der Waals surface area contributed by atoms with Gasteiger partial charge in [0.2, 0.25) is 5.88 Å². The summed E-state index contributed by atoms with van der Waals surface area (Å²) in [5.41, 5.74) is 6.90. The van der Waals surface area contributed by atoms with E-state index in [1.54, 1.807) is 11.8 Å². The summed E-state index contributed by atoms with van der Waals surface area (Å²) in [5, 5.41) is 7.67. The van der Waals surface area contributed by atoms with Gasteiger partial charge in [-0.15, -0.1) is 4.36 Å². The zero-order chi connectivity index (χ0) is 33.4. The minimum atomic E-state index is -3.79. The molecule has 0 spiro atoms. The highest BCUT2D eigenvalue weighted by Gasteiger charge is 2.42. The van der Waals surface area contributed by atoms with Crippen molar-refractivity contribution in [1.29, 1.82) is 0 Å². The third kappa shape index (κ3) is 5.53. The van der Waals surface area contributed by atoms with Gasteiger partial charge in [-0.05, 0) is 71.0 Å². The number of nitrogens with zero attached hydrogens (tertiary/aromatic N) is 3. The lowest BCUT2D eigenvalue weighted by molar-refractivity contribution is 0.179. The predicted octanol–water partition coefficient (Wildman–Crippen LogP) is 7.00. The van der Waals surface area contributed by atoms with Crippen LogP contribution in [0, 0.1) is 0 Å². The second-order valence-electron chi connectivity index (χ2n) is 12.9. The molecule has 5 aromatic rings. The second-order valence-corrected chi connectivity index (χ2v) is 14.8. The Bertz CT molecular complexity index is 2030. The van der Waals surface area contributed by atoms with Crippen LogP contribution in [0.25, 0.3) is 0 Å². The molecule has 250 valence electrons. The number of hydrogen-bond donors (Lipinski definition) is 2. The van der Waals surface area contributed by atoms with E-state index < -0.39 is 21.5 Å². The summed E-state index contributed by atoms with van der Waals surface area (Å²) >= 11 is 0. The molecule has 0 fully saturated rings. The first-order chi connectivity index (χ1) is 24.0. The number of ether oxygens (including phenoxy) is 2. The number of aryl methyl sites for hydroxylation is 2. The van der Waals surface area contributed by atoms with Crippen LogP contribution in [0.1, 0.15) is 57.7 Å². The van der Waals surface area contributed by atoms with Crippen molar-refractivity contribution in [3.63, 3.8) is 0 Å². The summed E-state index contributed by atoms with van der Waals surface area (Å²) in [4.78, 5) is 14.6. The van der Waals surface area contributed by atoms with Crippen molar-refractivity contribution in [2.75, 3.05) is 25.6 Å². The Labute approximate surface area is 287 Å². The Hall–Kier alpha value is -4.77. The molecule has 2 N–H and O–H groups in total. The highest BCUT2D eigenvalue weighted by atomic mass is 32.2. The van der Waals surface area contributed by atoms with Crippen LogP contribution < -0.4 is 14.8 Å². The zero-order valence-corrected chi connectivity index (χ0v) is 28.2. The van der Waals surface area contributed by atoms with Crippen molar-refractivity contribution in [1.82, 2.24) is 14.5 Å².